The van der Waals surface area contributed by atoms with E-state index in [1.54, 1.807) is 6.92 Å². The van der Waals surface area contributed by atoms with Gasteiger partial charge in [-0.25, -0.2) is 0 Å². The first-order chi connectivity index (χ1) is 21.1. The summed E-state index contributed by atoms with van der Waals surface area (Å²) in [6.07, 6.45) is 12.4. The zero-order valence-electron chi connectivity index (χ0n) is 27.5. The normalized spacial score (nSPS) is 36.6. The van der Waals surface area contributed by atoms with Gasteiger partial charge in [-0.05, 0) is 115 Å². The fourth-order valence-electron chi connectivity index (χ4n) is 10.9. The molecule has 4 heteroatoms. The molecule has 10 atom stereocenters. The van der Waals surface area contributed by atoms with E-state index in [4.69, 9.17) is 9.47 Å². The molecule has 0 bridgehead atoms. The van der Waals surface area contributed by atoms with Crippen molar-refractivity contribution in [1.82, 2.24) is 0 Å². The van der Waals surface area contributed by atoms with Crippen LogP contribution in [0, 0.1) is 46.3 Å². The minimum absolute atomic E-state index is 0.0160. The zero-order chi connectivity index (χ0) is 31.1. The van der Waals surface area contributed by atoms with E-state index in [9.17, 15) is 9.59 Å². The summed E-state index contributed by atoms with van der Waals surface area (Å²) in [5.41, 5.74) is 4.01. The molecule has 44 heavy (non-hydrogen) atoms. The Hall–Kier alpha value is -2.88. The summed E-state index contributed by atoms with van der Waals surface area (Å²) in [4.78, 5) is 24.4. The Labute approximate surface area is 265 Å². The number of allylic oxidation sites excluding steroid dienone is 1. The van der Waals surface area contributed by atoms with Crippen LogP contribution in [0.4, 0.5) is 0 Å². The lowest BCUT2D eigenvalue weighted by molar-refractivity contribution is -0.197. The second-order valence-electron chi connectivity index (χ2n) is 15.1. The highest BCUT2D eigenvalue weighted by Gasteiger charge is 2.65. The van der Waals surface area contributed by atoms with Crippen LogP contribution >= 0.6 is 0 Å². The van der Waals surface area contributed by atoms with E-state index in [-0.39, 0.29) is 35.0 Å². The molecule has 0 unspecified atom stereocenters. The van der Waals surface area contributed by atoms with Crippen LogP contribution in [0.15, 0.2) is 66.7 Å². The maximum atomic E-state index is 12.6. The van der Waals surface area contributed by atoms with Gasteiger partial charge in [0.05, 0.1) is 0 Å². The van der Waals surface area contributed by atoms with E-state index in [2.05, 4.69) is 87.5 Å². The van der Waals surface area contributed by atoms with Gasteiger partial charge in [0.1, 0.15) is 12.2 Å². The van der Waals surface area contributed by atoms with Gasteiger partial charge in [0.15, 0.2) is 0 Å². The second-order valence-corrected chi connectivity index (χ2v) is 15.1. The number of carbonyl (C=O) groups is 2. The average Bonchev–Trinajstić information content (AvgIpc) is 3.37. The maximum Gasteiger partial charge on any atom is 0.302 e. The van der Waals surface area contributed by atoms with Gasteiger partial charge in [0.2, 0.25) is 0 Å². The minimum Gasteiger partial charge on any atom is -0.463 e. The number of rotatable bonds is 7. The van der Waals surface area contributed by atoms with Crippen molar-refractivity contribution in [3.05, 3.63) is 77.9 Å². The molecule has 4 nitrogen and oxygen atoms in total. The van der Waals surface area contributed by atoms with Crippen LogP contribution in [0.2, 0.25) is 0 Å². The summed E-state index contributed by atoms with van der Waals surface area (Å²) in [6, 6.07) is 21.5. The molecule has 0 spiro atoms. The van der Waals surface area contributed by atoms with Gasteiger partial charge in [-0.1, -0.05) is 87.5 Å². The molecule has 0 aromatic heterocycles. The standard InChI is InChI=1S/C40H52O4/c1-26(16-18-33(29-12-8-6-9-13-29)30-14-10-7-11-15-30)35-20-21-36-34-19-17-31-24-32(43-27(2)41)22-23-39(31,4)37(34)25-38(40(35,36)5)44-28(3)42/h6-15,18,26,31-32,34-38H,16-17,19-25H2,1-5H3/t26-,31+,32+,34-,35-,36+,37-,38+,39+,40-/m1/s1. The summed E-state index contributed by atoms with van der Waals surface area (Å²) in [5, 5.41) is 0. The monoisotopic (exact) mass is 596 g/mol. The molecule has 6 rings (SSSR count). The minimum atomic E-state index is -0.156. The maximum absolute atomic E-state index is 12.6. The van der Waals surface area contributed by atoms with Crippen molar-refractivity contribution in [2.24, 2.45) is 46.3 Å². The van der Waals surface area contributed by atoms with Crippen molar-refractivity contribution in [2.75, 3.05) is 0 Å². The SMILES string of the molecule is CC(=O)O[C@H]1CC[C@@]2(C)[C@@H](CC[C@H]3[C@H]2C[C@H](OC(C)=O)[C@]2(C)[C@@H]([C@H](C)CC=C(c4ccccc4)c4ccccc4)CC[C@@H]32)C1. The van der Waals surface area contributed by atoms with E-state index < -0.39 is 0 Å². The van der Waals surface area contributed by atoms with Crippen molar-refractivity contribution >= 4 is 17.5 Å². The van der Waals surface area contributed by atoms with Gasteiger partial charge in [0.25, 0.3) is 0 Å². The molecule has 0 heterocycles. The van der Waals surface area contributed by atoms with E-state index in [1.807, 2.05) is 0 Å². The third kappa shape index (κ3) is 5.67. The number of hydrogen-bond acceptors (Lipinski definition) is 4. The molecule has 2 aromatic rings. The first-order valence-corrected chi connectivity index (χ1v) is 17.3. The number of fused-ring (bicyclic) bond motifs is 5. The molecule has 4 fully saturated rings. The van der Waals surface area contributed by atoms with Crippen molar-refractivity contribution in [3.63, 3.8) is 0 Å². The Bertz CT molecular complexity index is 1310. The largest absolute Gasteiger partial charge is 0.463 e. The van der Waals surface area contributed by atoms with E-state index in [1.165, 1.54) is 49.3 Å². The molecule has 4 aliphatic carbocycles. The van der Waals surface area contributed by atoms with Gasteiger partial charge >= 0.3 is 11.9 Å². The van der Waals surface area contributed by atoms with Crippen molar-refractivity contribution < 1.29 is 19.1 Å². The predicted molar refractivity (Wildman–Crippen MR) is 175 cm³/mol. The fourth-order valence-corrected chi connectivity index (χ4v) is 10.9. The highest BCUT2D eigenvalue weighted by atomic mass is 16.5. The number of ether oxygens (including phenoxy) is 2. The third-order valence-electron chi connectivity index (χ3n) is 13.0. The van der Waals surface area contributed by atoms with E-state index in [0.29, 0.717) is 35.5 Å². The molecular weight excluding hydrogens is 544 g/mol. The Balaban J connectivity index is 1.26. The molecule has 0 amide bonds. The molecule has 4 saturated carbocycles. The summed E-state index contributed by atoms with van der Waals surface area (Å²) < 4.78 is 12.1. The number of benzene rings is 2. The first-order valence-electron chi connectivity index (χ1n) is 17.3. The molecule has 236 valence electrons. The number of carbonyl (C=O) groups excluding carboxylic acids is 2. The number of esters is 2. The highest BCUT2D eigenvalue weighted by molar-refractivity contribution is 5.79. The van der Waals surface area contributed by atoms with Crippen LogP contribution < -0.4 is 0 Å². The van der Waals surface area contributed by atoms with Gasteiger partial charge in [-0.2, -0.15) is 0 Å². The lowest BCUT2D eigenvalue weighted by atomic mass is 9.43. The second kappa shape index (κ2) is 12.5. The first kappa shape index (κ1) is 31.1. The average molecular weight is 597 g/mol. The lowest BCUT2D eigenvalue weighted by Gasteiger charge is -2.62. The molecule has 0 saturated heterocycles. The summed E-state index contributed by atoms with van der Waals surface area (Å²) in [7, 11) is 0. The van der Waals surface area contributed by atoms with Crippen LogP contribution in [0.25, 0.3) is 5.57 Å². The quantitative estimate of drug-likeness (QED) is 0.299. The van der Waals surface area contributed by atoms with Crippen LogP contribution in [0.1, 0.15) is 104 Å². The molecule has 2 aromatic carbocycles. The predicted octanol–water partition coefficient (Wildman–Crippen LogP) is 9.28. The van der Waals surface area contributed by atoms with Gasteiger partial charge < -0.3 is 9.47 Å². The summed E-state index contributed by atoms with van der Waals surface area (Å²) in [6.45, 7) is 10.6. The zero-order valence-corrected chi connectivity index (χ0v) is 27.5. The molecular formula is C40H52O4. The van der Waals surface area contributed by atoms with E-state index in [0.717, 1.165) is 32.1 Å². The third-order valence-corrected chi connectivity index (χ3v) is 13.0. The molecule has 0 N–H and O–H groups in total. The summed E-state index contributed by atoms with van der Waals surface area (Å²) in [5.74, 6) is 3.07. The molecule has 0 radical (unpaired) electrons. The Morgan fingerprint density at radius 1 is 0.818 bits per heavy atom. The van der Waals surface area contributed by atoms with Crippen LogP contribution in [0.3, 0.4) is 0 Å². The van der Waals surface area contributed by atoms with Crippen LogP contribution in [0.5, 0.6) is 0 Å². The van der Waals surface area contributed by atoms with Crippen molar-refractivity contribution in [2.45, 2.75) is 105 Å². The fraction of sp³-hybridized carbons (Fsp3) is 0.600. The van der Waals surface area contributed by atoms with Gasteiger partial charge in [-0.15, -0.1) is 0 Å². The van der Waals surface area contributed by atoms with E-state index >= 15 is 0 Å². The van der Waals surface area contributed by atoms with Crippen LogP contribution in [-0.4, -0.2) is 24.1 Å². The topological polar surface area (TPSA) is 52.6 Å². The number of hydrogen-bond donors (Lipinski definition) is 0. The van der Waals surface area contributed by atoms with Crippen LogP contribution in [-0.2, 0) is 19.1 Å². The Morgan fingerprint density at radius 3 is 2.07 bits per heavy atom. The molecule has 0 aliphatic heterocycles. The highest BCUT2D eigenvalue weighted by Crippen LogP contribution is 2.69. The van der Waals surface area contributed by atoms with Crippen molar-refractivity contribution in [1.29, 1.82) is 0 Å². The Morgan fingerprint density at radius 2 is 1.45 bits per heavy atom. The Kier molecular flexibility index (Phi) is 8.83. The van der Waals surface area contributed by atoms with Gasteiger partial charge in [-0.3, -0.25) is 9.59 Å². The molecule has 4 aliphatic rings. The smallest absolute Gasteiger partial charge is 0.302 e. The van der Waals surface area contributed by atoms with Gasteiger partial charge in [0, 0.05) is 19.3 Å². The van der Waals surface area contributed by atoms with Crippen molar-refractivity contribution in [3.8, 4) is 0 Å². The summed E-state index contributed by atoms with van der Waals surface area (Å²) >= 11 is 0. The lowest BCUT2D eigenvalue weighted by Crippen LogP contribution is -2.59.